The van der Waals surface area contributed by atoms with E-state index in [0.717, 1.165) is 36.0 Å². The van der Waals surface area contributed by atoms with Crippen molar-refractivity contribution >= 4 is 0 Å². The third-order valence-corrected chi connectivity index (χ3v) is 8.85. The minimum Gasteiger partial charge on any atom is -0.392 e. The summed E-state index contributed by atoms with van der Waals surface area (Å²) in [7, 11) is 0. The van der Waals surface area contributed by atoms with Crippen molar-refractivity contribution in [1.82, 2.24) is 0 Å². The summed E-state index contributed by atoms with van der Waals surface area (Å²) >= 11 is 0. The quantitative estimate of drug-likeness (QED) is 0.437. The van der Waals surface area contributed by atoms with Gasteiger partial charge in [0.15, 0.2) is 0 Å². The van der Waals surface area contributed by atoms with E-state index in [2.05, 4.69) is 18.7 Å². The molecule has 0 aromatic heterocycles. The van der Waals surface area contributed by atoms with Crippen molar-refractivity contribution in [1.29, 1.82) is 0 Å². The number of hydrogen-bond acceptors (Lipinski definition) is 1. The van der Waals surface area contributed by atoms with E-state index in [1.807, 2.05) is 0 Å². The zero-order valence-corrected chi connectivity index (χ0v) is 20.9. The van der Waals surface area contributed by atoms with Crippen LogP contribution in [0.2, 0.25) is 0 Å². The zero-order chi connectivity index (χ0) is 18.6. The molecule has 1 nitrogen and oxygen atoms in total. The largest absolute Gasteiger partial charge is 0.392 e. The van der Waals surface area contributed by atoms with Crippen LogP contribution in [0.1, 0.15) is 96.3 Å². The second-order valence-electron chi connectivity index (χ2n) is 10.5. The number of allylic oxidation sites excluding steroid dienone is 2. The second kappa shape index (κ2) is 11.2. The van der Waals surface area contributed by atoms with Crippen LogP contribution in [0.25, 0.3) is 0 Å². The van der Waals surface area contributed by atoms with Crippen molar-refractivity contribution in [3.05, 3.63) is 24.3 Å². The molecular formula is C26H42OY. The molecule has 0 aromatic carbocycles. The summed E-state index contributed by atoms with van der Waals surface area (Å²) in [5.41, 5.74) is 1.62. The van der Waals surface area contributed by atoms with Gasteiger partial charge in [0.2, 0.25) is 0 Å². The van der Waals surface area contributed by atoms with Gasteiger partial charge in [-0.1, -0.05) is 43.4 Å². The summed E-state index contributed by atoms with van der Waals surface area (Å²) in [6.07, 6.45) is 25.1. The van der Waals surface area contributed by atoms with Gasteiger partial charge in [-0.2, -0.15) is 0 Å². The predicted molar refractivity (Wildman–Crippen MR) is 114 cm³/mol. The average Bonchev–Trinajstić information content (AvgIpc) is 3.21. The fourth-order valence-electron chi connectivity index (χ4n) is 7.09. The monoisotopic (exact) mass is 459 g/mol. The van der Waals surface area contributed by atoms with Gasteiger partial charge in [-0.05, 0) is 100 Å². The van der Waals surface area contributed by atoms with Gasteiger partial charge in [-0.15, -0.1) is 6.58 Å². The topological polar surface area (TPSA) is 20.2 Å². The predicted octanol–water partition coefficient (Wildman–Crippen LogP) is 7.06. The smallest absolute Gasteiger partial charge is 0.0608 e. The van der Waals surface area contributed by atoms with Crippen LogP contribution < -0.4 is 0 Å². The van der Waals surface area contributed by atoms with E-state index in [1.54, 1.807) is 5.57 Å². The Morgan fingerprint density at radius 2 is 1.64 bits per heavy atom. The molecule has 3 saturated carbocycles. The van der Waals surface area contributed by atoms with Crippen molar-refractivity contribution in [2.24, 2.45) is 35.5 Å². The first-order valence-corrected chi connectivity index (χ1v) is 12.2. The molecule has 0 amide bonds. The third-order valence-electron chi connectivity index (χ3n) is 8.85. The summed E-state index contributed by atoms with van der Waals surface area (Å²) in [5, 5.41) is 10.9. The van der Waals surface area contributed by atoms with Crippen LogP contribution in [0.5, 0.6) is 0 Å². The Morgan fingerprint density at radius 1 is 0.893 bits per heavy atom. The van der Waals surface area contributed by atoms with Crippen LogP contribution in [-0.4, -0.2) is 11.2 Å². The molecule has 0 bridgehead atoms. The van der Waals surface area contributed by atoms with Gasteiger partial charge in [0.25, 0.3) is 0 Å². The number of aliphatic hydroxyl groups is 1. The molecular weight excluding hydrogens is 417 g/mol. The maximum Gasteiger partial charge on any atom is 0.0608 e. The summed E-state index contributed by atoms with van der Waals surface area (Å²) in [6.45, 7) is 3.99. The van der Waals surface area contributed by atoms with Crippen molar-refractivity contribution in [2.75, 3.05) is 0 Å². The molecule has 4 unspecified atom stereocenters. The first kappa shape index (κ1) is 23.2. The molecule has 4 atom stereocenters. The second-order valence-corrected chi connectivity index (χ2v) is 10.5. The summed E-state index contributed by atoms with van der Waals surface area (Å²) < 4.78 is 0. The Hall–Kier alpha value is 0.544. The molecule has 0 heterocycles. The number of rotatable bonds is 5. The van der Waals surface area contributed by atoms with Crippen LogP contribution >= 0.6 is 0 Å². The van der Waals surface area contributed by atoms with E-state index in [4.69, 9.17) is 0 Å². The van der Waals surface area contributed by atoms with Gasteiger partial charge in [-0.25, -0.2) is 0 Å². The molecule has 4 aliphatic carbocycles. The standard InChI is InChI=1S/C26H42O.Y/c1-2-19-7-10-22(11-8-19)23-12-14-24(15-13-23)25-16-9-21(18-26(25)27)17-20-5-3-4-6-20;/h2,14,19-23,25-27H,1,3-13,15-18H2;. The SMILES string of the molecule is C=CC1CCC(C2CC=C(C3CCC(CC4CCCC4)CC3O)CC2)CC1.[Y]. The fraction of sp³-hybridized carbons (Fsp3) is 0.846. The Morgan fingerprint density at radius 3 is 2.25 bits per heavy atom. The van der Waals surface area contributed by atoms with Crippen molar-refractivity contribution in [3.8, 4) is 0 Å². The molecule has 2 heteroatoms. The van der Waals surface area contributed by atoms with Gasteiger partial charge in [0.05, 0.1) is 6.10 Å². The summed E-state index contributed by atoms with van der Waals surface area (Å²) in [6, 6.07) is 0. The number of aliphatic hydroxyl groups excluding tert-OH is 1. The van der Waals surface area contributed by atoms with E-state index in [9.17, 15) is 5.11 Å². The molecule has 3 fully saturated rings. The van der Waals surface area contributed by atoms with Crippen LogP contribution in [0, 0.1) is 35.5 Å². The maximum atomic E-state index is 10.9. The van der Waals surface area contributed by atoms with E-state index >= 15 is 0 Å². The molecule has 0 saturated heterocycles. The fourth-order valence-corrected chi connectivity index (χ4v) is 7.09. The summed E-state index contributed by atoms with van der Waals surface area (Å²) in [4.78, 5) is 0. The van der Waals surface area contributed by atoms with Gasteiger partial charge >= 0.3 is 0 Å². The van der Waals surface area contributed by atoms with Gasteiger partial charge in [0, 0.05) is 38.6 Å². The van der Waals surface area contributed by atoms with Crippen LogP contribution in [0.3, 0.4) is 0 Å². The molecule has 0 aliphatic heterocycles. The Kier molecular flexibility index (Phi) is 9.32. The molecule has 28 heavy (non-hydrogen) atoms. The van der Waals surface area contributed by atoms with E-state index in [1.165, 1.54) is 89.9 Å². The first-order valence-electron chi connectivity index (χ1n) is 12.2. The molecule has 1 radical (unpaired) electrons. The molecule has 0 spiro atoms. The average molecular weight is 460 g/mol. The molecule has 4 rings (SSSR count). The molecule has 155 valence electrons. The molecule has 4 aliphatic rings. The Bertz CT molecular complexity index is 513. The summed E-state index contributed by atoms with van der Waals surface area (Å²) in [5.74, 6) is 4.91. The molecule has 1 N–H and O–H groups in total. The minimum atomic E-state index is -0.0593. The van der Waals surface area contributed by atoms with E-state index in [0.29, 0.717) is 5.92 Å². The van der Waals surface area contributed by atoms with Crippen molar-refractivity contribution < 1.29 is 37.8 Å². The van der Waals surface area contributed by atoms with Crippen molar-refractivity contribution in [2.45, 2.75) is 102 Å². The minimum absolute atomic E-state index is 0. The normalized spacial score (nSPS) is 39.8. The number of hydrogen-bond donors (Lipinski definition) is 1. The molecule has 0 aromatic rings. The zero-order valence-electron chi connectivity index (χ0n) is 18.0. The van der Waals surface area contributed by atoms with Gasteiger partial charge in [-0.3, -0.25) is 0 Å². The first-order chi connectivity index (χ1) is 13.2. The Balaban J connectivity index is 0.00000225. The Labute approximate surface area is 199 Å². The third kappa shape index (κ3) is 5.82. The van der Waals surface area contributed by atoms with Crippen LogP contribution in [0.15, 0.2) is 24.3 Å². The van der Waals surface area contributed by atoms with Crippen molar-refractivity contribution in [3.63, 3.8) is 0 Å². The van der Waals surface area contributed by atoms with Crippen LogP contribution in [0.4, 0.5) is 0 Å². The maximum absolute atomic E-state index is 10.9. The van der Waals surface area contributed by atoms with E-state index in [-0.39, 0.29) is 38.8 Å². The van der Waals surface area contributed by atoms with E-state index < -0.39 is 0 Å². The van der Waals surface area contributed by atoms with Crippen LogP contribution in [-0.2, 0) is 32.7 Å². The van der Waals surface area contributed by atoms with Gasteiger partial charge in [0.1, 0.15) is 0 Å². The van der Waals surface area contributed by atoms with Gasteiger partial charge < -0.3 is 5.11 Å².